The number of hydrogen-bond acceptors (Lipinski definition) is 3. The second-order valence-electron chi connectivity index (χ2n) is 8.06. The van der Waals surface area contributed by atoms with E-state index in [0.717, 1.165) is 17.9 Å². The molecular formula is C22H26N2O3S. The summed E-state index contributed by atoms with van der Waals surface area (Å²) in [6, 6.07) is 16.6. The van der Waals surface area contributed by atoms with Gasteiger partial charge in [0.1, 0.15) is 0 Å². The fourth-order valence-corrected chi connectivity index (χ4v) is 5.48. The Morgan fingerprint density at radius 1 is 1.04 bits per heavy atom. The van der Waals surface area contributed by atoms with Crippen molar-refractivity contribution < 1.29 is 13.2 Å². The van der Waals surface area contributed by atoms with E-state index in [1.165, 1.54) is 29.8 Å². The lowest BCUT2D eigenvalue weighted by atomic mass is 9.95. The molecule has 6 heteroatoms. The highest BCUT2D eigenvalue weighted by molar-refractivity contribution is 7.92. The monoisotopic (exact) mass is 398 g/mol. The zero-order valence-electron chi connectivity index (χ0n) is 16.0. The Morgan fingerprint density at radius 2 is 1.75 bits per heavy atom. The van der Waals surface area contributed by atoms with Gasteiger partial charge in [0.15, 0.2) is 0 Å². The van der Waals surface area contributed by atoms with E-state index < -0.39 is 10.0 Å². The van der Waals surface area contributed by atoms with E-state index in [1.807, 2.05) is 30.3 Å². The molecule has 1 N–H and O–H groups in total. The summed E-state index contributed by atoms with van der Waals surface area (Å²) >= 11 is 0. The fourth-order valence-electron chi connectivity index (χ4n) is 4.59. The van der Waals surface area contributed by atoms with Crippen LogP contribution in [-0.4, -0.2) is 26.6 Å². The van der Waals surface area contributed by atoms with Crippen molar-refractivity contribution in [2.75, 3.05) is 10.6 Å². The van der Waals surface area contributed by atoms with Crippen LogP contribution in [0.15, 0.2) is 54.6 Å². The van der Waals surface area contributed by atoms with Gasteiger partial charge in [0, 0.05) is 11.6 Å². The summed E-state index contributed by atoms with van der Waals surface area (Å²) in [6.07, 6.45) is 6.11. The molecule has 5 nitrogen and oxygen atoms in total. The summed E-state index contributed by atoms with van der Waals surface area (Å²) in [5.41, 5.74) is 2.09. The summed E-state index contributed by atoms with van der Waals surface area (Å²) in [5, 5.41) is 3.19. The molecule has 1 amide bonds. The van der Waals surface area contributed by atoms with E-state index in [-0.39, 0.29) is 12.5 Å². The van der Waals surface area contributed by atoms with Crippen molar-refractivity contribution in [3.05, 3.63) is 65.7 Å². The summed E-state index contributed by atoms with van der Waals surface area (Å²) in [6.45, 7) is 0.233. The van der Waals surface area contributed by atoms with Gasteiger partial charge in [0.2, 0.25) is 10.0 Å². The van der Waals surface area contributed by atoms with Gasteiger partial charge >= 0.3 is 0 Å². The first-order valence-electron chi connectivity index (χ1n) is 9.83. The molecule has 2 fully saturated rings. The number of nitrogens with zero attached hydrogens (tertiary/aromatic N) is 1. The number of amides is 1. The smallest absolute Gasteiger partial charge is 0.251 e. The number of carbonyl (C=O) groups is 1. The summed E-state index contributed by atoms with van der Waals surface area (Å²) in [5.74, 6) is 1.40. The Morgan fingerprint density at radius 3 is 2.32 bits per heavy atom. The van der Waals surface area contributed by atoms with Gasteiger partial charge < -0.3 is 5.32 Å². The van der Waals surface area contributed by atoms with Crippen molar-refractivity contribution in [3.8, 4) is 0 Å². The molecule has 2 aromatic carbocycles. The average Bonchev–Trinajstić information content (AvgIpc) is 3.29. The van der Waals surface area contributed by atoms with Crippen LogP contribution in [0.5, 0.6) is 0 Å². The van der Waals surface area contributed by atoms with Crippen LogP contribution in [0.4, 0.5) is 5.69 Å². The highest BCUT2D eigenvalue weighted by Gasteiger charge is 2.40. The number of para-hydroxylation sites is 1. The van der Waals surface area contributed by atoms with E-state index in [9.17, 15) is 13.2 Å². The lowest BCUT2D eigenvalue weighted by Gasteiger charge is -2.23. The molecule has 0 heterocycles. The molecule has 0 saturated heterocycles. The fraction of sp³-hybridized carbons (Fsp3) is 0.409. The van der Waals surface area contributed by atoms with Crippen LogP contribution >= 0.6 is 0 Å². The molecule has 2 aromatic rings. The SMILES string of the molecule is CS(=O)(=O)N(Cc1ccc(C(=O)NC2CC3CCC2C3)cc1)c1ccccc1. The highest BCUT2D eigenvalue weighted by atomic mass is 32.2. The third kappa shape index (κ3) is 4.07. The van der Waals surface area contributed by atoms with Gasteiger partial charge in [-0.15, -0.1) is 0 Å². The first-order valence-corrected chi connectivity index (χ1v) is 11.7. The summed E-state index contributed by atoms with van der Waals surface area (Å²) < 4.78 is 25.8. The van der Waals surface area contributed by atoms with E-state index >= 15 is 0 Å². The lowest BCUT2D eigenvalue weighted by Crippen LogP contribution is -2.38. The first kappa shape index (κ1) is 19.0. The molecule has 0 spiro atoms. The Bertz CT molecular complexity index is 942. The Kier molecular flexibility index (Phi) is 5.15. The van der Waals surface area contributed by atoms with Crippen molar-refractivity contribution in [2.45, 2.75) is 38.3 Å². The van der Waals surface area contributed by atoms with Gasteiger partial charge in [0.25, 0.3) is 5.91 Å². The second kappa shape index (κ2) is 7.59. The predicted molar refractivity (Wildman–Crippen MR) is 111 cm³/mol. The molecule has 2 aliphatic carbocycles. The van der Waals surface area contributed by atoms with Gasteiger partial charge in [0.05, 0.1) is 18.5 Å². The molecule has 2 bridgehead atoms. The van der Waals surface area contributed by atoms with Gasteiger partial charge in [-0.25, -0.2) is 8.42 Å². The number of sulfonamides is 1. The van der Waals surface area contributed by atoms with Crippen molar-refractivity contribution in [3.63, 3.8) is 0 Å². The summed E-state index contributed by atoms with van der Waals surface area (Å²) in [7, 11) is -3.41. The van der Waals surface area contributed by atoms with Gasteiger partial charge in [-0.2, -0.15) is 0 Å². The number of rotatable bonds is 6. The Hall–Kier alpha value is -2.34. The third-order valence-corrected chi connectivity index (χ3v) is 7.18. The van der Waals surface area contributed by atoms with E-state index in [1.54, 1.807) is 24.3 Å². The largest absolute Gasteiger partial charge is 0.349 e. The molecule has 28 heavy (non-hydrogen) atoms. The number of anilines is 1. The second-order valence-corrected chi connectivity index (χ2v) is 9.96. The molecule has 2 saturated carbocycles. The highest BCUT2D eigenvalue weighted by Crippen LogP contribution is 2.44. The molecule has 0 aliphatic heterocycles. The lowest BCUT2D eigenvalue weighted by molar-refractivity contribution is 0.0923. The van der Waals surface area contributed by atoms with E-state index in [4.69, 9.17) is 0 Å². The maximum atomic E-state index is 12.6. The number of hydrogen-bond donors (Lipinski definition) is 1. The minimum Gasteiger partial charge on any atom is -0.349 e. The molecule has 0 aromatic heterocycles. The van der Waals surface area contributed by atoms with Crippen LogP contribution < -0.4 is 9.62 Å². The van der Waals surface area contributed by atoms with E-state index in [2.05, 4.69) is 5.32 Å². The zero-order valence-corrected chi connectivity index (χ0v) is 16.9. The number of benzene rings is 2. The molecule has 3 unspecified atom stereocenters. The van der Waals surface area contributed by atoms with Crippen molar-refractivity contribution >= 4 is 21.6 Å². The zero-order chi connectivity index (χ0) is 19.7. The van der Waals surface area contributed by atoms with Gasteiger partial charge in [-0.1, -0.05) is 36.8 Å². The maximum Gasteiger partial charge on any atom is 0.251 e. The molecule has 2 aliphatic rings. The normalized spacial score (nSPS) is 23.5. The molecule has 0 radical (unpaired) electrons. The third-order valence-electron chi connectivity index (χ3n) is 6.04. The van der Waals surface area contributed by atoms with Crippen LogP contribution in [0.3, 0.4) is 0 Å². The van der Waals surface area contributed by atoms with Crippen LogP contribution in [0.1, 0.15) is 41.6 Å². The van der Waals surface area contributed by atoms with Crippen LogP contribution in [-0.2, 0) is 16.6 Å². The summed E-state index contributed by atoms with van der Waals surface area (Å²) in [4.78, 5) is 12.6. The number of fused-ring (bicyclic) bond motifs is 2. The quantitative estimate of drug-likeness (QED) is 0.809. The molecule has 148 valence electrons. The Labute approximate surface area is 166 Å². The van der Waals surface area contributed by atoms with Crippen LogP contribution in [0.25, 0.3) is 0 Å². The average molecular weight is 399 g/mol. The molecular weight excluding hydrogens is 372 g/mol. The predicted octanol–water partition coefficient (Wildman–Crippen LogP) is 3.57. The number of carbonyl (C=O) groups excluding carboxylic acids is 1. The topological polar surface area (TPSA) is 66.5 Å². The van der Waals surface area contributed by atoms with Crippen LogP contribution in [0.2, 0.25) is 0 Å². The molecule has 3 atom stereocenters. The minimum atomic E-state index is -3.41. The van der Waals surface area contributed by atoms with Crippen molar-refractivity contribution in [2.24, 2.45) is 11.8 Å². The maximum absolute atomic E-state index is 12.6. The standard InChI is InChI=1S/C22H26N2O3S/c1-28(26,27)24(20-5-3-2-4-6-20)15-16-7-10-18(11-8-16)22(25)23-21-14-17-9-12-19(21)13-17/h2-8,10-11,17,19,21H,9,12-15H2,1H3,(H,23,25). The van der Waals surface area contributed by atoms with Gasteiger partial charge in [-0.05, 0) is 60.9 Å². The van der Waals surface area contributed by atoms with Gasteiger partial charge in [-0.3, -0.25) is 9.10 Å². The Balaban J connectivity index is 1.44. The van der Waals surface area contributed by atoms with Crippen molar-refractivity contribution in [1.82, 2.24) is 5.32 Å². The van der Waals surface area contributed by atoms with Crippen molar-refractivity contribution in [1.29, 1.82) is 0 Å². The van der Waals surface area contributed by atoms with E-state index in [0.29, 0.717) is 23.2 Å². The minimum absolute atomic E-state index is 0.0351. The number of nitrogens with one attached hydrogen (secondary N) is 1. The molecule has 4 rings (SSSR count). The first-order chi connectivity index (χ1) is 13.4. The van der Waals surface area contributed by atoms with Crippen LogP contribution in [0, 0.1) is 11.8 Å².